The van der Waals surface area contributed by atoms with Crippen molar-refractivity contribution in [2.45, 2.75) is 25.0 Å². The molecule has 9 heteroatoms. The van der Waals surface area contributed by atoms with Crippen molar-refractivity contribution in [3.8, 4) is 0 Å². The Hall–Kier alpha value is -1.21. The van der Waals surface area contributed by atoms with E-state index in [1.165, 1.54) is 11.3 Å². The summed E-state index contributed by atoms with van der Waals surface area (Å²) in [6, 6.07) is 0.600. The molecular formula is C10H14NO6PS. The van der Waals surface area contributed by atoms with Crippen LogP contribution in [-0.4, -0.2) is 33.1 Å². The molecule has 0 spiro atoms. The van der Waals surface area contributed by atoms with Crippen molar-refractivity contribution in [2.24, 2.45) is 0 Å². The van der Waals surface area contributed by atoms with Gasteiger partial charge in [-0.2, -0.15) is 11.3 Å². The molecule has 1 rings (SSSR count). The van der Waals surface area contributed by atoms with Crippen molar-refractivity contribution in [1.82, 2.24) is 5.09 Å². The molecule has 0 amide bonds. The molecule has 1 heterocycles. The lowest BCUT2D eigenvalue weighted by Gasteiger charge is -2.19. The molecule has 0 bridgehead atoms. The van der Waals surface area contributed by atoms with Gasteiger partial charge in [0.15, 0.2) is 0 Å². The zero-order valence-corrected chi connectivity index (χ0v) is 11.6. The summed E-state index contributed by atoms with van der Waals surface area (Å²) < 4.78 is 11.9. The molecule has 4 N–H and O–H groups in total. The van der Waals surface area contributed by atoms with Gasteiger partial charge in [-0.15, -0.1) is 0 Å². The quantitative estimate of drug-likeness (QED) is 0.534. The molecule has 0 aromatic carbocycles. The number of aliphatic carboxylic acids is 2. The fourth-order valence-corrected chi connectivity index (χ4v) is 3.87. The smallest absolute Gasteiger partial charge is 0.304 e. The second-order valence-corrected chi connectivity index (χ2v) is 6.77. The van der Waals surface area contributed by atoms with E-state index in [0.717, 1.165) is 0 Å². The maximum atomic E-state index is 11.9. The van der Waals surface area contributed by atoms with Crippen LogP contribution in [0.5, 0.6) is 0 Å². The first-order chi connectivity index (χ1) is 8.78. The molecule has 0 saturated heterocycles. The first kappa shape index (κ1) is 15.8. The van der Waals surface area contributed by atoms with E-state index in [-0.39, 0.29) is 6.16 Å². The Morgan fingerprint density at radius 1 is 1.32 bits per heavy atom. The SMILES string of the molecule is O=C(O)CC(CC(=O)O)NP(=O)(O)Cc1ccsc1. The predicted molar refractivity (Wildman–Crippen MR) is 69.3 cm³/mol. The zero-order valence-electron chi connectivity index (χ0n) is 9.85. The number of nitrogens with one attached hydrogen (secondary N) is 1. The van der Waals surface area contributed by atoms with Gasteiger partial charge in [0.1, 0.15) is 0 Å². The molecule has 0 radical (unpaired) electrons. The minimum atomic E-state index is -3.82. The Morgan fingerprint density at radius 3 is 2.32 bits per heavy atom. The van der Waals surface area contributed by atoms with Crippen molar-refractivity contribution in [3.63, 3.8) is 0 Å². The minimum Gasteiger partial charge on any atom is -0.481 e. The van der Waals surface area contributed by atoms with Crippen LogP contribution in [0.4, 0.5) is 0 Å². The van der Waals surface area contributed by atoms with E-state index >= 15 is 0 Å². The first-order valence-electron chi connectivity index (χ1n) is 5.33. The summed E-state index contributed by atoms with van der Waals surface area (Å²) >= 11 is 1.37. The average Bonchev–Trinajstić information content (AvgIpc) is 2.65. The summed E-state index contributed by atoms with van der Waals surface area (Å²) in [5.74, 6) is -2.46. The van der Waals surface area contributed by atoms with Gasteiger partial charge < -0.3 is 15.1 Å². The van der Waals surface area contributed by atoms with Crippen LogP contribution in [0.25, 0.3) is 0 Å². The van der Waals surface area contributed by atoms with Gasteiger partial charge in [-0.1, -0.05) is 0 Å². The highest BCUT2D eigenvalue weighted by atomic mass is 32.1. The topological polar surface area (TPSA) is 124 Å². The maximum Gasteiger partial charge on any atom is 0.304 e. The Labute approximate surface area is 113 Å². The molecular weight excluding hydrogens is 293 g/mol. The second-order valence-electron chi connectivity index (χ2n) is 4.01. The molecule has 1 unspecified atom stereocenters. The van der Waals surface area contributed by atoms with Crippen LogP contribution in [0.3, 0.4) is 0 Å². The Bertz CT molecular complexity index is 472. The highest BCUT2D eigenvalue weighted by Crippen LogP contribution is 2.41. The molecule has 106 valence electrons. The second kappa shape index (κ2) is 6.81. The van der Waals surface area contributed by atoms with E-state index < -0.39 is 38.3 Å². The fraction of sp³-hybridized carbons (Fsp3) is 0.400. The number of carboxylic acids is 2. The number of rotatable bonds is 8. The average molecular weight is 307 g/mol. The maximum absolute atomic E-state index is 11.9. The number of carbonyl (C=O) groups is 2. The number of hydrogen-bond donors (Lipinski definition) is 4. The standard InChI is InChI=1S/C10H14NO6PS/c12-9(13)3-8(4-10(14)15)11-18(16,17)5-7-1-2-19-6-7/h1-2,6,8H,3-5H2,(H,12,13)(H,14,15)(H2,11,16,17). The van der Waals surface area contributed by atoms with Crippen molar-refractivity contribution < 1.29 is 29.3 Å². The predicted octanol–water partition coefficient (Wildman–Crippen LogP) is 1.34. The van der Waals surface area contributed by atoms with Gasteiger partial charge in [0.25, 0.3) is 7.52 Å². The van der Waals surface area contributed by atoms with E-state index in [9.17, 15) is 19.0 Å². The normalized spacial score (nSPS) is 14.2. The van der Waals surface area contributed by atoms with Crippen LogP contribution in [0.1, 0.15) is 18.4 Å². The van der Waals surface area contributed by atoms with Gasteiger partial charge in [0.05, 0.1) is 19.0 Å². The lowest BCUT2D eigenvalue weighted by Crippen LogP contribution is -2.31. The van der Waals surface area contributed by atoms with Crippen LogP contribution < -0.4 is 5.09 Å². The third-order valence-corrected chi connectivity index (χ3v) is 4.50. The Morgan fingerprint density at radius 2 is 1.89 bits per heavy atom. The summed E-state index contributed by atoms with van der Waals surface area (Å²) in [5.41, 5.74) is 0.646. The van der Waals surface area contributed by atoms with Crippen molar-refractivity contribution >= 4 is 30.8 Å². The molecule has 1 aromatic heterocycles. The molecule has 1 atom stereocenters. The third-order valence-electron chi connectivity index (χ3n) is 2.20. The van der Waals surface area contributed by atoms with E-state index in [4.69, 9.17) is 10.2 Å². The van der Waals surface area contributed by atoms with Crippen LogP contribution in [-0.2, 0) is 20.3 Å². The van der Waals surface area contributed by atoms with Gasteiger partial charge in [0, 0.05) is 6.04 Å². The van der Waals surface area contributed by atoms with E-state index in [1.807, 2.05) is 0 Å². The number of thiophene rings is 1. The summed E-state index contributed by atoms with van der Waals surface area (Å²) in [4.78, 5) is 30.9. The molecule has 0 saturated carbocycles. The Kier molecular flexibility index (Phi) is 5.68. The fourth-order valence-electron chi connectivity index (χ4n) is 1.55. The first-order valence-corrected chi connectivity index (χ1v) is 8.11. The van der Waals surface area contributed by atoms with Crippen LogP contribution in [0.2, 0.25) is 0 Å². The lowest BCUT2D eigenvalue weighted by molar-refractivity contribution is -0.139. The summed E-state index contributed by atoms with van der Waals surface area (Å²) in [5, 5.41) is 23.0. The van der Waals surface area contributed by atoms with Crippen LogP contribution in [0, 0.1) is 0 Å². The van der Waals surface area contributed by atoms with Crippen molar-refractivity contribution in [2.75, 3.05) is 0 Å². The van der Waals surface area contributed by atoms with E-state index in [1.54, 1.807) is 16.8 Å². The highest BCUT2D eigenvalue weighted by Gasteiger charge is 2.26. The number of carboxylic acid groups (broad SMARTS) is 2. The summed E-state index contributed by atoms with van der Waals surface area (Å²) in [6.07, 6.45) is -1.22. The molecule has 0 aliphatic heterocycles. The molecule has 19 heavy (non-hydrogen) atoms. The zero-order chi connectivity index (χ0) is 14.5. The van der Waals surface area contributed by atoms with Gasteiger partial charge in [-0.3, -0.25) is 14.2 Å². The molecule has 0 aliphatic rings. The van der Waals surface area contributed by atoms with Gasteiger partial charge in [-0.05, 0) is 22.4 Å². The summed E-state index contributed by atoms with van der Waals surface area (Å²) in [7, 11) is -3.82. The molecule has 0 aliphatic carbocycles. The van der Waals surface area contributed by atoms with Crippen LogP contribution in [0.15, 0.2) is 16.8 Å². The van der Waals surface area contributed by atoms with E-state index in [2.05, 4.69) is 5.09 Å². The minimum absolute atomic E-state index is 0.160. The summed E-state index contributed by atoms with van der Waals surface area (Å²) in [6.45, 7) is 0. The van der Waals surface area contributed by atoms with Gasteiger partial charge in [0.2, 0.25) is 0 Å². The Balaban J connectivity index is 2.67. The largest absolute Gasteiger partial charge is 0.481 e. The monoisotopic (exact) mass is 307 g/mol. The van der Waals surface area contributed by atoms with Crippen molar-refractivity contribution in [1.29, 1.82) is 0 Å². The van der Waals surface area contributed by atoms with Gasteiger partial charge in [-0.25, -0.2) is 5.09 Å². The van der Waals surface area contributed by atoms with Gasteiger partial charge >= 0.3 is 11.9 Å². The number of hydrogen-bond acceptors (Lipinski definition) is 4. The molecule has 7 nitrogen and oxygen atoms in total. The van der Waals surface area contributed by atoms with E-state index in [0.29, 0.717) is 5.56 Å². The lowest BCUT2D eigenvalue weighted by atomic mass is 10.1. The molecule has 1 aromatic rings. The van der Waals surface area contributed by atoms with Crippen LogP contribution >= 0.6 is 18.9 Å². The van der Waals surface area contributed by atoms with Crippen molar-refractivity contribution in [3.05, 3.63) is 22.4 Å². The third kappa shape index (κ3) is 6.49. The highest BCUT2D eigenvalue weighted by molar-refractivity contribution is 7.55. The molecule has 0 fully saturated rings.